The summed E-state index contributed by atoms with van der Waals surface area (Å²) in [5, 5.41) is 2.88. The molecule has 1 atom stereocenters. The third-order valence-corrected chi connectivity index (χ3v) is 5.67. The lowest BCUT2D eigenvalue weighted by molar-refractivity contribution is 0.192. The van der Waals surface area contributed by atoms with Crippen LogP contribution in [0.5, 0.6) is 0 Å². The van der Waals surface area contributed by atoms with E-state index in [9.17, 15) is 13.2 Å². The number of sulfone groups is 1. The van der Waals surface area contributed by atoms with Gasteiger partial charge in [0.15, 0.2) is 9.84 Å². The second-order valence-corrected chi connectivity index (χ2v) is 7.95. The third-order valence-electron chi connectivity index (χ3n) is 3.92. The van der Waals surface area contributed by atoms with Crippen LogP contribution in [-0.2, 0) is 9.84 Å². The minimum absolute atomic E-state index is 0.0689. The molecule has 1 aromatic rings. The van der Waals surface area contributed by atoms with Gasteiger partial charge >= 0.3 is 6.03 Å². The molecule has 7 heteroatoms. The van der Waals surface area contributed by atoms with Gasteiger partial charge in [0.25, 0.3) is 0 Å². The molecule has 122 valence electrons. The molecule has 0 spiro atoms. The van der Waals surface area contributed by atoms with Gasteiger partial charge in [0, 0.05) is 30.7 Å². The van der Waals surface area contributed by atoms with E-state index in [0.29, 0.717) is 18.7 Å². The van der Waals surface area contributed by atoms with Gasteiger partial charge in [-0.15, -0.1) is 0 Å². The van der Waals surface area contributed by atoms with Crippen LogP contribution >= 0.6 is 0 Å². The number of anilines is 1. The Kier molecular flexibility index (Phi) is 5.39. The second-order valence-electron chi connectivity index (χ2n) is 5.72. The number of nitrogens with zero attached hydrogens (tertiary/aromatic N) is 2. The molecule has 1 aliphatic heterocycles. The molecular formula is C15H23N3O3S. The number of aryl methyl sites for hydroxylation is 1. The van der Waals surface area contributed by atoms with Gasteiger partial charge in [0.2, 0.25) is 0 Å². The lowest BCUT2D eigenvalue weighted by atomic mass is 10.2. The van der Waals surface area contributed by atoms with E-state index in [-0.39, 0.29) is 23.6 Å². The molecule has 1 saturated heterocycles. The van der Waals surface area contributed by atoms with Crippen molar-refractivity contribution in [1.82, 2.24) is 9.88 Å². The third kappa shape index (κ3) is 4.19. The van der Waals surface area contributed by atoms with Crippen molar-refractivity contribution >= 4 is 21.6 Å². The number of hydrogen-bond acceptors (Lipinski definition) is 4. The summed E-state index contributed by atoms with van der Waals surface area (Å²) in [5.41, 5.74) is 1.59. The molecule has 0 unspecified atom stereocenters. The maximum absolute atomic E-state index is 12.6. The molecule has 6 nitrogen and oxygen atoms in total. The normalized spacial score (nSPS) is 19.8. The number of nitrogens with one attached hydrogen (secondary N) is 1. The van der Waals surface area contributed by atoms with Crippen molar-refractivity contribution in [3.8, 4) is 0 Å². The molecule has 0 radical (unpaired) electrons. The van der Waals surface area contributed by atoms with Crippen LogP contribution in [0, 0.1) is 6.92 Å². The van der Waals surface area contributed by atoms with E-state index in [1.54, 1.807) is 23.4 Å². The van der Waals surface area contributed by atoms with Crippen LogP contribution in [0.25, 0.3) is 0 Å². The molecule has 1 N–H and O–H groups in total. The summed E-state index contributed by atoms with van der Waals surface area (Å²) in [5.74, 6) is 0.237. The fraction of sp³-hybridized carbons (Fsp3) is 0.600. The van der Waals surface area contributed by atoms with Gasteiger partial charge in [-0.05, 0) is 31.4 Å². The zero-order valence-corrected chi connectivity index (χ0v) is 13.9. The van der Waals surface area contributed by atoms with Gasteiger partial charge in [-0.3, -0.25) is 4.98 Å². The smallest absolute Gasteiger partial charge is 0.320 e. The number of unbranched alkanes of at least 4 members (excludes halogenated alkanes) is 1. The lowest BCUT2D eigenvalue weighted by Gasteiger charge is -2.28. The lowest BCUT2D eigenvalue weighted by Crippen LogP contribution is -2.44. The van der Waals surface area contributed by atoms with Gasteiger partial charge < -0.3 is 10.2 Å². The first kappa shape index (κ1) is 16.7. The summed E-state index contributed by atoms with van der Waals surface area (Å²) in [4.78, 5) is 18.2. The highest BCUT2D eigenvalue weighted by Crippen LogP contribution is 2.20. The first-order valence-electron chi connectivity index (χ1n) is 7.61. The van der Waals surface area contributed by atoms with Crippen molar-refractivity contribution < 1.29 is 13.2 Å². The molecule has 0 bridgehead atoms. The van der Waals surface area contributed by atoms with E-state index in [1.165, 1.54) is 0 Å². The van der Waals surface area contributed by atoms with Crippen LogP contribution in [0.3, 0.4) is 0 Å². The average Bonchev–Trinajstić information content (AvgIpc) is 2.82. The summed E-state index contributed by atoms with van der Waals surface area (Å²) in [6, 6.07) is 1.29. The zero-order valence-electron chi connectivity index (χ0n) is 13.1. The standard InChI is InChI=1S/C15H23N3O3S/c1-3-4-8-18(13-6-9-22(20,21)11-13)15(19)17-14-5-7-16-10-12(14)2/h5,7,10,13H,3-4,6,8-9,11H2,1-2H3,(H,16,17,19)/t13-/m0/s1. The zero-order chi connectivity index (χ0) is 16.2. The first-order valence-corrected chi connectivity index (χ1v) is 9.43. The Morgan fingerprint density at radius 3 is 2.86 bits per heavy atom. The van der Waals surface area contributed by atoms with Gasteiger partial charge in [0.1, 0.15) is 0 Å². The van der Waals surface area contributed by atoms with Gasteiger partial charge in [-0.2, -0.15) is 0 Å². The Bertz CT molecular complexity index is 631. The summed E-state index contributed by atoms with van der Waals surface area (Å²) in [6.07, 6.45) is 5.65. The largest absolute Gasteiger partial charge is 0.322 e. The van der Waals surface area contributed by atoms with Crippen molar-refractivity contribution in [1.29, 1.82) is 0 Å². The number of rotatable bonds is 5. The number of amides is 2. The molecule has 1 aliphatic rings. The highest BCUT2D eigenvalue weighted by molar-refractivity contribution is 7.91. The van der Waals surface area contributed by atoms with E-state index in [1.807, 2.05) is 6.92 Å². The minimum atomic E-state index is -3.01. The van der Waals surface area contributed by atoms with Gasteiger partial charge in [0.05, 0.1) is 11.5 Å². The molecule has 0 aromatic carbocycles. The Labute approximate surface area is 131 Å². The van der Waals surface area contributed by atoms with E-state index in [4.69, 9.17) is 0 Å². The van der Waals surface area contributed by atoms with Crippen LogP contribution in [0.1, 0.15) is 31.7 Å². The molecular weight excluding hydrogens is 302 g/mol. The SMILES string of the molecule is CCCCN(C(=O)Nc1ccncc1C)[C@H]1CCS(=O)(=O)C1. The molecule has 2 amide bonds. The van der Waals surface area contributed by atoms with Crippen molar-refractivity contribution in [2.75, 3.05) is 23.4 Å². The maximum atomic E-state index is 12.6. The topological polar surface area (TPSA) is 79.4 Å². The molecule has 22 heavy (non-hydrogen) atoms. The number of pyridine rings is 1. The second kappa shape index (κ2) is 7.09. The fourth-order valence-corrected chi connectivity index (χ4v) is 4.33. The van der Waals surface area contributed by atoms with Crippen LogP contribution in [-0.4, -0.2) is 48.4 Å². The summed E-state index contributed by atoms with van der Waals surface area (Å²) in [6.45, 7) is 4.50. The highest BCUT2D eigenvalue weighted by Gasteiger charge is 2.34. The Hall–Kier alpha value is -1.63. The molecule has 0 saturated carbocycles. The quantitative estimate of drug-likeness (QED) is 0.900. The van der Waals surface area contributed by atoms with Crippen molar-refractivity contribution in [2.24, 2.45) is 0 Å². The molecule has 0 aliphatic carbocycles. The molecule has 2 heterocycles. The van der Waals surface area contributed by atoms with E-state index in [0.717, 1.165) is 18.4 Å². The number of hydrogen-bond donors (Lipinski definition) is 1. The van der Waals surface area contributed by atoms with Crippen LogP contribution in [0.4, 0.5) is 10.5 Å². The van der Waals surface area contributed by atoms with Crippen molar-refractivity contribution in [2.45, 2.75) is 39.2 Å². The van der Waals surface area contributed by atoms with Crippen molar-refractivity contribution in [3.05, 3.63) is 24.0 Å². The number of aromatic nitrogens is 1. The molecule has 1 fully saturated rings. The van der Waals surface area contributed by atoms with Crippen LogP contribution < -0.4 is 5.32 Å². The van der Waals surface area contributed by atoms with E-state index >= 15 is 0 Å². The predicted octanol–water partition coefficient (Wildman–Crippen LogP) is 2.21. The van der Waals surface area contributed by atoms with Gasteiger partial charge in [-0.25, -0.2) is 13.2 Å². The average molecular weight is 325 g/mol. The maximum Gasteiger partial charge on any atom is 0.322 e. The summed E-state index contributed by atoms with van der Waals surface area (Å²) < 4.78 is 23.4. The van der Waals surface area contributed by atoms with Crippen LogP contribution in [0.15, 0.2) is 18.5 Å². The molecule has 1 aromatic heterocycles. The van der Waals surface area contributed by atoms with Crippen LogP contribution in [0.2, 0.25) is 0 Å². The predicted molar refractivity (Wildman–Crippen MR) is 86.7 cm³/mol. The summed E-state index contributed by atoms with van der Waals surface area (Å²) in [7, 11) is -3.01. The fourth-order valence-electron chi connectivity index (χ4n) is 2.60. The molecule has 2 rings (SSSR count). The Morgan fingerprint density at radius 2 is 2.27 bits per heavy atom. The van der Waals surface area contributed by atoms with Crippen molar-refractivity contribution in [3.63, 3.8) is 0 Å². The van der Waals surface area contributed by atoms with Gasteiger partial charge in [-0.1, -0.05) is 13.3 Å². The summed E-state index contributed by atoms with van der Waals surface area (Å²) >= 11 is 0. The Morgan fingerprint density at radius 1 is 1.50 bits per heavy atom. The van der Waals surface area contributed by atoms with E-state index < -0.39 is 9.84 Å². The Balaban J connectivity index is 2.11. The van der Waals surface area contributed by atoms with E-state index in [2.05, 4.69) is 17.2 Å². The number of carbonyl (C=O) groups excluding carboxylic acids is 1. The monoisotopic (exact) mass is 325 g/mol. The number of carbonyl (C=O) groups is 1. The minimum Gasteiger partial charge on any atom is -0.320 e. The highest BCUT2D eigenvalue weighted by atomic mass is 32.2. The first-order chi connectivity index (χ1) is 10.4. The number of urea groups is 1.